The summed E-state index contributed by atoms with van der Waals surface area (Å²) in [7, 11) is 0. The van der Waals surface area contributed by atoms with Gasteiger partial charge in [-0.25, -0.2) is 9.37 Å². The van der Waals surface area contributed by atoms with Crippen LogP contribution in [0.25, 0.3) is 101 Å². The molecule has 1 N–H and O–H groups in total. The van der Waals surface area contributed by atoms with Crippen LogP contribution >= 0.6 is 0 Å². The maximum Gasteiger partial charge on any atom is 0.168 e. The molecule has 0 aliphatic heterocycles. The summed E-state index contributed by atoms with van der Waals surface area (Å²) in [4.78, 5) is 10.6. The highest BCUT2D eigenvalue weighted by molar-refractivity contribution is 5.98. The molecular weight excluding hydrogens is 936 g/mol. The number of aromatic hydroxyl groups is 1. The molecule has 11 aromatic rings. The van der Waals surface area contributed by atoms with E-state index in [1.54, 1.807) is 0 Å². The largest absolute Gasteiger partial charge is 0.507 e. The van der Waals surface area contributed by atoms with Crippen molar-refractivity contribution in [2.24, 2.45) is 0 Å². The number of phenolic OH excluding ortho intramolecular Hbond substituents is 1. The number of hydrogen-bond donors (Lipinski definition) is 1. The monoisotopic (exact) mass is 996 g/mol. The normalized spacial score (nSPS) is 12.1. The molecule has 0 atom stereocenters. The molecular formula is C68H61FN6O. The van der Waals surface area contributed by atoms with Crippen LogP contribution in [0.3, 0.4) is 0 Å². The maximum absolute atomic E-state index is 18.9. The molecule has 8 aromatic carbocycles. The first kappa shape index (κ1) is 49.5. The van der Waals surface area contributed by atoms with E-state index in [1.165, 1.54) is 0 Å². The van der Waals surface area contributed by atoms with Crippen molar-refractivity contribution < 1.29 is 9.50 Å². The fourth-order valence-electron chi connectivity index (χ4n) is 10.2. The topological polar surface area (TPSA) is 81.7 Å². The van der Waals surface area contributed by atoms with Crippen LogP contribution in [0.2, 0.25) is 0 Å². The van der Waals surface area contributed by atoms with Crippen LogP contribution in [0.15, 0.2) is 200 Å². The van der Waals surface area contributed by atoms with E-state index in [0.717, 1.165) is 66.8 Å². The molecule has 0 saturated carbocycles. The number of nitrogens with zero attached hydrogens (tertiary/aromatic N) is 6. The van der Waals surface area contributed by atoms with Crippen molar-refractivity contribution in [2.45, 2.75) is 78.6 Å². The van der Waals surface area contributed by atoms with Crippen molar-refractivity contribution in [2.75, 3.05) is 0 Å². The second-order valence-electron chi connectivity index (χ2n) is 22.8. The third-order valence-corrected chi connectivity index (χ3v) is 14.4. The van der Waals surface area contributed by atoms with Gasteiger partial charge in [-0.05, 0) is 98.2 Å². The molecule has 11 rings (SSSR count). The van der Waals surface area contributed by atoms with Gasteiger partial charge in [-0.3, -0.25) is 14.1 Å². The second kappa shape index (κ2) is 19.2. The third-order valence-electron chi connectivity index (χ3n) is 14.4. The molecule has 0 saturated heterocycles. The van der Waals surface area contributed by atoms with Gasteiger partial charge < -0.3 is 5.11 Å². The highest BCUT2D eigenvalue weighted by Gasteiger charge is 2.31. The van der Waals surface area contributed by atoms with Crippen LogP contribution in [0.1, 0.15) is 79.0 Å². The van der Waals surface area contributed by atoms with E-state index in [9.17, 15) is 5.11 Å². The third kappa shape index (κ3) is 9.18. The van der Waals surface area contributed by atoms with Crippen LogP contribution in [0, 0.1) is 5.82 Å². The predicted molar refractivity (Wildman–Crippen MR) is 310 cm³/mol. The van der Waals surface area contributed by atoms with Gasteiger partial charge in [0.2, 0.25) is 0 Å². The quantitative estimate of drug-likeness (QED) is 0.156. The standard InChI is InChI=1S/C68H61FN6O/c1-66(2,3)50-38-48(37-49(39-50)55-40-47(35-36-70-55)43-23-14-10-15-24-43)52-31-22-32-58-61(52)71-65(53-41-51(67(4,5)6)42-54(62(53)76)68(7,8)9)74(58)56-33-34-57(60(69)59(56)44-25-16-11-17-26-44)75-63(45-27-18-12-19-28-45)72-73-64(75)46-29-20-13-21-30-46/h10-42,76H,1-9H3. The van der Waals surface area contributed by atoms with Gasteiger partial charge in [-0.15, -0.1) is 10.2 Å². The fraction of sp³-hybridized carbons (Fsp3) is 0.176. The van der Waals surface area contributed by atoms with Gasteiger partial charge in [0.25, 0.3) is 0 Å². The van der Waals surface area contributed by atoms with Crippen molar-refractivity contribution in [1.29, 1.82) is 0 Å². The van der Waals surface area contributed by atoms with E-state index in [0.29, 0.717) is 45.4 Å². The van der Waals surface area contributed by atoms with Crippen molar-refractivity contribution in [3.63, 3.8) is 0 Å². The zero-order chi connectivity index (χ0) is 53.1. The minimum absolute atomic E-state index is 0.128. The van der Waals surface area contributed by atoms with Gasteiger partial charge in [-0.1, -0.05) is 208 Å². The summed E-state index contributed by atoms with van der Waals surface area (Å²) in [5, 5.41) is 22.2. The van der Waals surface area contributed by atoms with E-state index in [4.69, 9.17) is 20.2 Å². The van der Waals surface area contributed by atoms with Crippen molar-refractivity contribution in [1.82, 2.24) is 29.3 Å². The van der Waals surface area contributed by atoms with Crippen molar-refractivity contribution in [3.05, 3.63) is 223 Å². The molecule has 0 spiro atoms. The van der Waals surface area contributed by atoms with Gasteiger partial charge in [0, 0.05) is 39.6 Å². The predicted octanol–water partition coefficient (Wildman–Crippen LogP) is 17.4. The average Bonchev–Trinajstić information content (AvgIpc) is 4.07. The zero-order valence-corrected chi connectivity index (χ0v) is 44.6. The Balaban J connectivity index is 1.23. The molecule has 0 aliphatic carbocycles. The Kier molecular flexibility index (Phi) is 12.5. The van der Waals surface area contributed by atoms with Crippen LogP contribution < -0.4 is 0 Å². The van der Waals surface area contributed by atoms with E-state index in [-0.39, 0.29) is 22.3 Å². The molecule has 8 heteroatoms. The lowest BCUT2D eigenvalue weighted by molar-refractivity contribution is 0.446. The second-order valence-corrected chi connectivity index (χ2v) is 22.8. The molecule has 0 amide bonds. The number of aromatic nitrogens is 6. The summed E-state index contributed by atoms with van der Waals surface area (Å²) in [6.45, 7) is 19.6. The highest BCUT2D eigenvalue weighted by Crippen LogP contribution is 2.47. The molecule has 0 fully saturated rings. The minimum atomic E-state index is -0.474. The number of pyridine rings is 1. The molecule has 376 valence electrons. The Morgan fingerprint density at radius 1 is 0.421 bits per heavy atom. The van der Waals surface area contributed by atoms with Gasteiger partial charge in [0.1, 0.15) is 11.6 Å². The molecule has 0 radical (unpaired) electrons. The molecule has 0 aliphatic rings. The van der Waals surface area contributed by atoms with Crippen LogP contribution in [-0.4, -0.2) is 34.4 Å². The first-order valence-electron chi connectivity index (χ1n) is 26.0. The smallest absolute Gasteiger partial charge is 0.168 e. The summed E-state index contributed by atoms with van der Waals surface area (Å²) in [5.74, 6) is 1.13. The van der Waals surface area contributed by atoms with Gasteiger partial charge in [0.15, 0.2) is 17.5 Å². The Labute approximate surface area is 445 Å². The van der Waals surface area contributed by atoms with E-state index in [2.05, 4.69) is 129 Å². The average molecular weight is 997 g/mol. The number of para-hydroxylation sites is 1. The van der Waals surface area contributed by atoms with Crippen LogP contribution in [0.5, 0.6) is 5.75 Å². The Morgan fingerprint density at radius 3 is 1.54 bits per heavy atom. The Bertz CT molecular complexity index is 3880. The number of rotatable bonds is 9. The minimum Gasteiger partial charge on any atom is -0.507 e. The number of phenols is 1. The molecule has 7 nitrogen and oxygen atoms in total. The lowest BCUT2D eigenvalue weighted by atomic mass is 9.79. The van der Waals surface area contributed by atoms with Gasteiger partial charge in [-0.2, -0.15) is 0 Å². The van der Waals surface area contributed by atoms with Gasteiger partial charge >= 0.3 is 0 Å². The first-order valence-corrected chi connectivity index (χ1v) is 26.0. The molecule has 0 bridgehead atoms. The molecule has 3 aromatic heterocycles. The summed E-state index contributed by atoms with van der Waals surface area (Å²) in [5.41, 5.74) is 13.3. The fourth-order valence-corrected chi connectivity index (χ4v) is 10.2. The van der Waals surface area contributed by atoms with Crippen molar-refractivity contribution >= 4 is 11.0 Å². The first-order chi connectivity index (χ1) is 36.4. The van der Waals surface area contributed by atoms with Gasteiger partial charge in [0.05, 0.1) is 33.7 Å². The molecule has 76 heavy (non-hydrogen) atoms. The number of fused-ring (bicyclic) bond motifs is 1. The van der Waals surface area contributed by atoms with E-state index < -0.39 is 11.2 Å². The number of imidazole rings is 1. The Hall–Kier alpha value is -8.75. The molecule has 3 heterocycles. The number of benzene rings is 8. The summed E-state index contributed by atoms with van der Waals surface area (Å²) >= 11 is 0. The Morgan fingerprint density at radius 2 is 0.961 bits per heavy atom. The van der Waals surface area contributed by atoms with E-state index >= 15 is 4.39 Å². The summed E-state index contributed by atoms with van der Waals surface area (Å²) in [6, 6.07) is 64.7. The zero-order valence-electron chi connectivity index (χ0n) is 44.6. The van der Waals surface area contributed by atoms with E-state index in [1.807, 2.05) is 143 Å². The maximum atomic E-state index is 18.9. The van der Waals surface area contributed by atoms with Crippen molar-refractivity contribution in [3.8, 4) is 95.9 Å². The summed E-state index contributed by atoms with van der Waals surface area (Å²) < 4.78 is 22.8. The van der Waals surface area contributed by atoms with Crippen LogP contribution in [-0.2, 0) is 16.2 Å². The number of halogens is 1. The molecule has 0 unspecified atom stereocenters. The highest BCUT2D eigenvalue weighted by atomic mass is 19.1. The summed E-state index contributed by atoms with van der Waals surface area (Å²) in [6.07, 6.45) is 1.88. The lowest BCUT2D eigenvalue weighted by Crippen LogP contribution is -2.17. The number of hydrogen-bond acceptors (Lipinski definition) is 5. The van der Waals surface area contributed by atoms with Crippen LogP contribution in [0.4, 0.5) is 4.39 Å². The lowest BCUT2D eigenvalue weighted by Gasteiger charge is -2.27. The SMILES string of the molecule is CC(C)(C)c1cc(-c2cc(-c3ccccc3)ccn2)cc(-c2cccc3c2nc(-c2cc(C(C)(C)C)cc(C(C)(C)C)c2O)n3-c2ccc(-n3c(-c4ccccc4)nnc3-c3ccccc3)c(F)c2-c2ccccc2)c1.